The molecule has 0 aromatic heterocycles. The average molecular weight is 498 g/mol. The second-order valence-electron chi connectivity index (χ2n) is 6.84. The van der Waals surface area contributed by atoms with Gasteiger partial charge in [-0.2, -0.15) is 0 Å². The van der Waals surface area contributed by atoms with E-state index in [9.17, 15) is 9.59 Å². The zero-order valence-corrected chi connectivity index (χ0v) is 19.4. The Labute approximate surface area is 204 Å². The normalized spacial score (nSPS) is 15.5. The summed E-state index contributed by atoms with van der Waals surface area (Å²) in [7, 11) is 0. The lowest BCUT2D eigenvalue weighted by molar-refractivity contribution is -0.118. The maximum Gasteiger partial charge on any atom is 0.264 e. The minimum Gasteiger partial charge on any atom is -0.483 e. The molecule has 1 aliphatic rings. The van der Waals surface area contributed by atoms with E-state index in [1.165, 1.54) is 11.8 Å². The van der Waals surface area contributed by atoms with Crippen LogP contribution in [-0.2, 0) is 9.59 Å². The number of hydrogen-bond donors (Lipinski definition) is 2. The number of thioether (sulfide) groups is 1. The van der Waals surface area contributed by atoms with Gasteiger partial charge in [0.25, 0.3) is 11.8 Å². The molecule has 0 unspecified atom stereocenters. The quantitative estimate of drug-likeness (QED) is 0.415. The fraction of sp³-hybridized carbons (Fsp3) is 0.0417. The second kappa shape index (κ2) is 10.6. The number of amidine groups is 1. The van der Waals surface area contributed by atoms with Gasteiger partial charge in [0.05, 0.1) is 10.6 Å². The summed E-state index contributed by atoms with van der Waals surface area (Å²) in [4.78, 5) is 29.5. The number of hydrogen-bond acceptors (Lipinski definition) is 5. The van der Waals surface area contributed by atoms with Crippen LogP contribution in [0.2, 0.25) is 10.0 Å². The monoisotopic (exact) mass is 497 g/mol. The van der Waals surface area contributed by atoms with Gasteiger partial charge in [-0.05, 0) is 72.4 Å². The molecule has 1 aliphatic heterocycles. The standard InChI is InChI=1S/C24H17Cl2N3O3S/c25-16-6-9-19(10-7-16)28-24-29-23(31)21(33-24)13-15-12-17(26)8-11-20(15)32-14-22(30)27-18-4-2-1-3-5-18/h1-13H,14H2,(H,27,30)(H,28,29,31)/b21-13-. The van der Waals surface area contributed by atoms with Gasteiger partial charge in [0, 0.05) is 21.3 Å². The van der Waals surface area contributed by atoms with Gasteiger partial charge in [0.2, 0.25) is 0 Å². The third-order valence-corrected chi connectivity index (χ3v) is 5.78. The van der Waals surface area contributed by atoms with Crippen molar-refractivity contribution in [1.82, 2.24) is 5.32 Å². The first-order valence-electron chi connectivity index (χ1n) is 9.79. The van der Waals surface area contributed by atoms with Crippen LogP contribution < -0.4 is 15.4 Å². The molecule has 1 saturated heterocycles. The van der Waals surface area contributed by atoms with E-state index in [0.717, 1.165) is 0 Å². The summed E-state index contributed by atoms with van der Waals surface area (Å²) in [5.74, 6) is -0.174. The number of ether oxygens (including phenoxy) is 1. The number of benzene rings is 3. The molecule has 9 heteroatoms. The minimum absolute atomic E-state index is 0.199. The van der Waals surface area contributed by atoms with Crippen LogP contribution in [0.4, 0.5) is 11.4 Å². The molecule has 0 radical (unpaired) electrons. The molecule has 166 valence electrons. The van der Waals surface area contributed by atoms with E-state index in [0.29, 0.717) is 42.8 Å². The molecule has 0 saturated carbocycles. The van der Waals surface area contributed by atoms with Crippen molar-refractivity contribution >= 4 is 69.4 Å². The lowest BCUT2D eigenvalue weighted by atomic mass is 10.2. The number of halogens is 2. The van der Waals surface area contributed by atoms with Gasteiger partial charge in [-0.1, -0.05) is 41.4 Å². The molecule has 3 aromatic rings. The van der Waals surface area contributed by atoms with Gasteiger partial charge in [-0.3, -0.25) is 9.59 Å². The Morgan fingerprint density at radius 3 is 2.52 bits per heavy atom. The first-order valence-corrected chi connectivity index (χ1v) is 11.4. The number of para-hydroxylation sites is 1. The predicted octanol–water partition coefficient (Wildman–Crippen LogP) is 5.90. The largest absolute Gasteiger partial charge is 0.483 e. The maximum atomic E-state index is 12.5. The molecule has 0 atom stereocenters. The third kappa shape index (κ3) is 6.38. The molecule has 1 heterocycles. The van der Waals surface area contributed by atoms with Crippen molar-refractivity contribution in [3.05, 3.63) is 93.3 Å². The van der Waals surface area contributed by atoms with E-state index in [4.69, 9.17) is 27.9 Å². The lowest BCUT2D eigenvalue weighted by Gasteiger charge is -2.10. The van der Waals surface area contributed by atoms with Crippen LogP contribution in [0.15, 0.2) is 82.7 Å². The first-order chi connectivity index (χ1) is 16.0. The highest BCUT2D eigenvalue weighted by Gasteiger charge is 2.24. The molecule has 4 rings (SSSR count). The molecule has 1 fully saturated rings. The number of carbonyl (C=O) groups excluding carboxylic acids is 2. The van der Waals surface area contributed by atoms with Crippen molar-refractivity contribution in [1.29, 1.82) is 0 Å². The van der Waals surface area contributed by atoms with Crippen LogP contribution in [0.25, 0.3) is 6.08 Å². The number of nitrogens with zero attached hydrogens (tertiary/aromatic N) is 1. The van der Waals surface area contributed by atoms with E-state index in [2.05, 4.69) is 15.6 Å². The number of carbonyl (C=O) groups is 2. The molecule has 6 nitrogen and oxygen atoms in total. The lowest BCUT2D eigenvalue weighted by Crippen LogP contribution is -2.20. The number of nitrogens with one attached hydrogen (secondary N) is 2. The molecule has 0 bridgehead atoms. The smallest absolute Gasteiger partial charge is 0.264 e. The number of aliphatic imine (C=N–C) groups is 1. The molecule has 2 amide bonds. The Bertz CT molecular complexity index is 1250. The molecule has 33 heavy (non-hydrogen) atoms. The summed E-state index contributed by atoms with van der Waals surface area (Å²) in [5.41, 5.74) is 1.91. The predicted molar refractivity (Wildman–Crippen MR) is 134 cm³/mol. The highest BCUT2D eigenvalue weighted by atomic mass is 35.5. The van der Waals surface area contributed by atoms with Crippen LogP contribution in [0.3, 0.4) is 0 Å². The van der Waals surface area contributed by atoms with E-state index >= 15 is 0 Å². The third-order valence-electron chi connectivity index (χ3n) is 4.38. The summed E-state index contributed by atoms with van der Waals surface area (Å²) in [6.07, 6.45) is 1.65. The van der Waals surface area contributed by atoms with Crippen molar-refractivity contribution in [2.24, 2.45) is 4.99 Å². The Balaban J connectivity index is 1.48. The summed E-state index contributed by atoms with van der Waals surface area (Å²) < 4.78 is 5.71. The SMILES string of the molecule is O=C(COc1ccc(Cl)cc1/C=C1\SC(=Nc2ccc(Cl)cc2)NC1=O)Nc1ccccc1. The van der Waals surface area contributed by atoms with Gasteiger partial charge in [0.15, 0.2) is 11.8 Å². The van der Waals surface area contributed by atoms with Gasteiger partial charge in [-0.15, -0.1) is 0 Å². The highest BCUT2D eigenvalue weighted by molar-refractivity contribution is 8.18. The summed E-state index contributed by atoms with van der Waals surface area (Å²) in [5, 5.41) is 7.02. The zero-order valence-electron chi connectivity index (χ0n) is 17.0. The summed E-state index contributed by atoms with van der Waals surface area (Å²) >= 11 is 13.2. The Hall–Kier alpha value is -3.26. The van der Waals surface area contributed by atoms with Crippen LogP contribution >= 0.6 is 35.0 Å². The van der Waals surface area contributed by atoms with Crippen LogP contribution in [-0.4, -0.2) is 23.6 Å². The Morgan fingerprint density at radius 2 is 1.76 bits per heavy atom. The topological polar surface area (TPSA) is 79.8 Å². The van der Waals surface area contributed by atoms with Crippen molar-refractivity contribution < 1.29 is 14.3 Å². The van der Waals surface area contributed by atoms with Crippen molar-refractivity contribution in [3.63, 3.8) is 0 Å². The van der Waals surface area contributed by atoms with Crippen LogP contribution in [0, 0.1) is 0 Å². The first kappa shape index (κ1) is 22.9. The fourth-order valence-electron chi connectivity index (χ4n) is 2.88. The maximum absolute atomic E-state index is 12.5. The van der Waals surface area contributed by atoms with Gasteiger partial charge in [0.1, 0.15) is 5.75 Å². The van der Waals surface area contributed by atoms with Crippen LogP contribution in [0.1, 0.15) is 5.56 Å². The molecule has 3 aromatic carbocycles. The van der Waals surface area contributed by atoms with E-state index in [-0.39, 0.29) is 18.4 Å². The van der Waals surface area contributed by atoms with Crippen molar-refractivity contribution in [3.8, 4) is 5.75 Å². The molecular formula is C24H17Cl2N3O3S. The summed E-state index contributed by atoms with van der Waals surface area (Å²) in [6.45, 7) is -0.199. The van der Waals surface area contributed by atoms with E-state index in [1.54, 1.807) is 60.7 Å². The van der Waals surface area contributed by atoms with Crippen LogP contribution in [0.5, 0.6) is 5.75 Å². The highest BCUT2D eigenvalue weighted by Crippen LogP contribution is 2.32. The Morgan fingerprint density at radius 1 is 1.03 bits per heavy atom. The van der Waals surface area contributed by atoms with Gasteiger partial charge in [-0.25, -0.2) is 4.99 Å². The molecular weight excluding hydrogens is 481 g/mol. The Kier molecular flexibility index (Phi) is 7.34. The van der Waals surface area contributed by atoms with Crippen molar-refractivity contribution in [2.45, 2.75) is 0 Å². The fourth-order valence-corrected chi connectivity index (χ4v) is 4.02. The van der Waals surface area contributed by atoms with Gasteiger partial charge < -0.3 is 15.4 Å². The molecule has 2 N–H and O–H groups in total. The summed E-state index contributed by atoms with van der Waals surface area (Å²) in [6, 6.07) is 21.0. The van der Waals surface area contributed by atoms with Crippen molar-refractivity contribution in [2.75, 3.05) is 11.9 Å². The number of rotatable bonds is 6. The van der Waals surface area contributed by atoms with E-state index in [1.807, 2.05) is 18.2 Å². The number of anilines is 1. The average Bonchev–Trinajstić information content (AvgIpc) is 3.14. The number of amides is 2. The zero-order chi connectivity index (χ0) is 23.2. The minimum atomic E-state index is -0.305. The second-order valence-corrected chi connectivity index (χ2v) is 8.75. The molecule has 0 spiro atoms. The van der Waals surface area contributed by atoms with Gasteiger partial charge >= 0.3 is 0 Å². The van der Waals surface area contributed by atoms with E-state index < -0.39 is 0 Å². The molecule has 0 aliphatic carbocycles.